The Bertz CT molecular complexity index is 1000. The Morgan fingerprint density at radius 2 is 1.58 bits per heavy atom. The van der Waals surface area contributed by atoms with Gasteiger partial charge in [-0.05, 0) is 23.8 Å². The summed E-state index contributed by atoms with van der Waals surface area (Å²) in [4.78, 5) is 12.7. The lowest BCUT2D eigenvalue weighted by Gasteiger charge is -2.09. The Morgan fingerprint density at radius 3 is 2.31 bits per heavy atom. The van der Waals surface area contributed by atoms with Crippen LogP contribution in [0.4, 0.5) is 15.9 Å². The number of aromatic nitrogens is 3. The fourth-order valence-corrected chi connectivity index (χ4v) is 2.69. The summed E-state index contributed by atoms with van der Waals surface area (Å²) >= 11 is 0. The van der Waals surface area contributed by atoms with Crippen LogP contribution >= 0.6 is 0 Å². The number of nitrogens with zero attached hydrogens (tertiary/aromatic N) is 3. The van der Waals surface area contributed by atoms with Crippen molar-refractivity contribution >= 4 is 11.5 Å². The summed E-state index contributed by atoms with van der Waals surface area (Å²) in [6.07, 6.45) is 6.53. The third kappa shape index (κ3) is 3.28. The van der Waals surface area contributed by atoms with Crippen LogP contribution in [0.5, 0.6) is 0 Å². The largest absolute Gasteiger partial charge is 0.338 e. The van der Waals surface area contributed by atoms with Crippen LogP contribution in [0.1, 0.15) is 0 Å². The van der Waals surface area contributed by atoms with E-state index in [4.69, 9.17) is 0 Å². The molecule has 0 fully saturated rings. The minimum atomic E-state index is -0.305. The van der Waals surface area contributed by atoms with Gasteiger partial charge in [-0.25, -0.2) is 9.37 Å². The van der Waals surface area contributed by atoms with Crippen LogP contribution in [0.15, 0.2) is 85.5 Å². The Labute approximate surface area is 150 Å². The van der Waals surface area contributed by atoms with E-state index < -0.39 is 0 Å². The summed E-state index contributed by atoms with van der Waals surface area (Å²) in [6.45, 7) is 0. The Balaban J connectivity index is 1.64. The number of halogens is 1. The summed E-state index contributed by atoms with van der Waals surface area (Å²) in [6, 6.07) is 18.5. The molecule has 0 spiro atoms. The predicted molar refractivity (Wildman–Crippen MR) is 100 cm³/mol. The van der Waals surface area contributed by atoms with Crippen LogP contribution in [0.3, 0.4) is 0 Å². The number of pyridine rings is 1. The molecule has 2 aromatic carbocycles. The highest BCUT2D eigenvalue weighted by Crippen LogP contribution is 2.30. The molecule has 5 heteroatoms. The van der Waals surface area contributed by atoms with Crippen LogP contribution in [-0.2, 0) is 0 Å². The van der Waals surface area contributed by atoms with Gasteiger partial charge in [0.05, 0.1) is 30.0 Å². The Hall–Kier alpha value is -3.60. The molecule has 1 N–H and O–H groups in total. The first-order valence-corrected chi connectivity index (χ1v) is 8.15. The van der Waals surface area contributed by atoms with Gasteiger partial charge in [-0.1, -0.05) is 42.5 Å². The third-order valence-electron chi connectivity index (χ3n) is 3.95. The third-order valence-corrected chi connectivity index (χ3v) is 3.95. The minimum absolute atomic E-state index is 0.305. The van der Waals surface area contributed by atoms with Crippen molar-refractivity contribution in [2.24, 2.45) is 0 Å². The number of nitrogens with one attached hydrogen (secondary N) is 1. The zero-order chi connectivity index (χ0) is 17.8. The first-order valence-electron chi connectivity index (χ1n) is 8.15. The molecule has 0 amide bonds. The quantitative estimate of drug-likeness (QED) is 0.561. The lowest BCUT2D eigenvalue weighted by Crippen LogP contribution is -1.97. The van der Waals surface area contributed by atoms with Gasteiger partial charge in [-0.15, -0.1) is 0 Å². The molecule has 26 heavy (non-hydrogen) atoms. The van der Waals surface area contributed by atoms with Crippen molar-refractivity contribution in [2.75, 3.05) is 5.32 Å². The van der Waals surface area contributed by atoms with Gasteiger partial charge in [0, 0.05) is 17.3 Å². The highest BCUT2D eigenvalue weighted by Gasteiger charge is 2.12. The molecular formula is C21H15FN4. The van der Waals surface area contributed by atoms with Gasteiger partial charge in [-0.2, -0.15) is 0 Å². The van der Waals surface area contributed by atoms with E-state index in [0.717, 1.165) is 11.3 Å². The first-order chi connectivity index (χ1) is 12.8. The predicted octanol–water partition coefficient (Wildman–Crippen LogP) is 5.09. The van der Waals surface area contributed by atoms with E-state index in [1.165, 1.54) is 0 Å². The first kappa shape index (κ1) is 15.9. The van der Waals surface area contributed by atoms with Crippen molar-refractivity contribution in [3.8, 4) is 22.4 Å². The second kappa shape index (κ2) is 7.11. The van der Waals surface area contributed by atoms with Crippen LogP contribution in [0.2, 0.25) is 0 Å². The van der Waals surface area contributed by atoms with Gasteiger partial charge in [0.2, 0.25) is 0 Å². The normalized spacial score (nSPS) is 10.5. The molecule has 0 saturated carbocycles. The summed E-state index contributed by atoms with van der Waals surface area (Å²) in [5.74, 6) is 0.266. The van der Waals surface area contributed by atoms with E-state index >= 15 is 0 Å². The number of hydrogen-bond acceptors (Lipinski definition) is 4. The topological polar surface area (TPSA) is 50.7 Å². The maximum atomic E-state index is 15.0. The molecule has 2 aromatic heterocycles. The summed E-state index contributed by atoms with van der Waals surface area (Å²) in [5, 5.41) is 3.10. The van der Waals surface area contributed by atoms with Gasteiger partial charge in [0.1, 0.15) is 11.6 Å². The van der Waals surface area contributed by atoms with Crippen LogP contribution in [-0.4, -0.2) is 15.0 Å². The average Bonchev–Trinajstić information content (AvgIpc) is 2.70. The average molecular weight is 342 g/mol. The molecule has 4 rings (SSSR count). The fraction of sp³-hybridized carbons (Fsp3) is 0. The second-order valence-corrected chi connectivity index (χ2v) is 5.69. The van der Waals surface area contributed by atoms with Crippen molar-refractivity contribution in [1.29, 1.82) is 0 Å². The monoisotopic (exact) mass is 342 g/mol. The smallest absolute Gasteiger partial charge is 0.148 e. The van der Waals surface area contributed by atoms with Gasteiger partial charge in [0.15, 0.2) is 0 Å². The molecule has 126 valence electrons. The maximum Gasteiger partial charge on any atom is 0.148 e. The number of benzene rings is 2. The molecule has 0 radical (unpaired) electrons. The van der Waals surface area contributed by atoms with Crippen molar-refractivity contribution in [3.63, 3.8) is 0 Å². The van der Waals surface area contributed by atoms with Gasteiger partial charge < -0.3 is 5.32 Å². The Kier molecular flexibility index (Phi) is 4.35. The molecule has 2 heterocycles. The molecule has 0 aliphatic rings. The van der Waals surface area contributed by atoms with Gasteiger partial charge in [0.25, 0.3) is 0 Å². The van der Waals surface area contributed by atoms with Crippen molar-refractivity contribution in [1.82, 2.24) is 15.0 Å². The molecular weight excluding hydrogens is 327 g/mol. The van der Waals surface area contributed by atoms with Crippen LogP contribution < -0.4 is 5.32 Å². The van der Waals surface area contributed by atoms with E-state index in [9.17, 15) is 4.39 Å². The molecule has 0 unspecified atom stereocenters. The van der Waals surface area contributed by atoms with Gasteiger partial charge in [-0.3, -0.25) is 9.97 Å². The van der Waals surface area contributed by atoms with E-state index in [-0.39, 0.29) is 5.82 Å². The molecule has 0 atom stereocenters. The molecule has 0 aliphatic heterocycles. The van der Waals surface area contributed by atoms with E-state index in [1.807, 2.05) is 48.5 Å². The SMILES string of the molecule is Fc1c(-c2ccccc2)cccc1-c1cnc(Nc2cccnc2)cn1. The van der Waals surface area contributed by atoms with E-state index in [1.54, 1.807) is 36.9 Å². The Morgan fingerprint density at radius 1 is 0.731 bits per heavy atom. The number of rotatable bonds is 4. The lowest BCUT2D eigenvalue weighted by atomic mass is 10.0. The summed E-state index contributed by atoms with van der Waals surface area (Å²) in [7, 11) is 0. The van der Waals surface area contributed by atoms with Crippen molar-refractivity contribution in [2.45, 2.75) is 0 Å². The second-order valence-electron chi connectivity index (χ2n) is 5.69. The standard InChI is InChI=1S/C21H15FN4/c22-21-17(15-6-2-1-3-7-15)9-4-10-18(21)19-13-25-20(14-24-19)26-16-8-5-11-23-12-16/h1-14H,(H,25,26). The zero-order valence-corrected chi connectivity index (χ0v) is 13.8. The molecule has 0 aliphatic carbocycles. The zero-order valence-electron chi connectivity index (χ0n) is 13.8. The fourth-order valence-electron chi connectivity index (χ4n) is 2.69. The summed E-state index contributed by atoms with van der Waals surface area (Å²) < 4.78 is 15.0. The molecule has 4 nitrogen and oxygen atoms in total. The van der Waals surface area contributed by atoms with Crippen LogP contribution in [0, 0.1) is 5.82 Å². The van der Waals surface area contributed by atoms with E-state index in [2.05, 4.69) is 20.3 Å². The van der Waals surface area contributed by atoms with Crippen LogP contribution in [0.25, 0.3) is 22.4 Å². The van der Waals surface area contributed by atoms with Gasteiger partial charge >= 0.3 is 0 Å². The minimum Gasteiger partial charge on any atom is -0.338 e. The highest BCUT2D eigenvalue weighted by atomic mass is 19.1. The van der Waals surface area contributed by atoms with E-state index in [0.29, 0.717) is 22.6 Å². The van der Waals surface area contributed by atoms with Crippen molar-refractivity contribution in [3.05, 3.63) is 91.3 Å². The van der Waals surface area contributed by atoms with Crippen molar-refractivity contribution < 1.29 is 4.39 Å². The molecule has 4 aromatic rings. The maximum absolute atomic E-state index is 15.0. The molecule has 0 saturated heterocycles. The summed E-state index contributed by atoms with van der Waals surface area (Å²) in [5.41, 5.74) is 3.09. The molecule has 0 bridgehead atoms. The lowest BCUT2D eigenvalue weighted by molar-refractivity contribution is 0.634. The number of anilines is 2. The highest BCUT2D eigenvalue weighted by molar-refractivity contribution is 5.72. The number of hydrogen-bond donors (Lipinski definition) is 1.